The van der Waals surface area contributed by atoms with Crippen molar-refractivity contribution in [2.75, 3.05) is 40.1 Å². The predicted molar refractivity (Wildman–Crippen MR) is 124 cm³/mol. The minimum Gasteiger partial charge on any atom is -0.493 e. The van der Waals surface area contributed by atoms with Gasteiger partial charge in [0, 0.05) is 19.3 Å². The van der Waals surface area contributed by atoms with Crippen LogP contribution in [-0.2, 0) is 25.5 Å². The average molecular weight is 485 g/mol. The zero-order valence-electron chi connectivity index (χ0n) is 19.7. The van der Waals surface area contributed by atoms with Gasteiger partial charge in [-0.3, -0.25) is 9.36 Å². The number of ether oxygens (including phenoxy) is 4. The van der Waals surface area contributed by atoms with Crippen LogP contribution in [0.3, 0.4) is 0 Å². The summed E-state index contributed by atoms with van der Waals surface area (Å²) in [7, 11) is 1.56. The number of carbonyl (C=O) groups excluding carboxylic acids is 1. The molecule has 0 saturated carbocycles. The summed E-state index contributed by atoms with van der Waals surface area (Å²) in [6, 6.07) is 8.32. The number of hydrogen-bond donors (Lipinski definition) is 1. The smallest absolute Gasteiger partial charge is 0.340 e. The monoisotopic (exact) mass is 484 g/mol. The Morgan fingerprint density at radius 3 is 2.74 bits per heavy atom. The number of pyridine rings is 1. The summed E-state index contributed by atoms with van der Waals surface area (Å²) in [6.45, 7) is 3.27. The van der Waals surface area contributed by atoms with E-state index in [-0.39, 0.29) is 53.9 Å². The molecule has 11 nitrogen and oxygen atoms in total. The molecule has 1 fully saturated rings. The van der Waals surface area contributed by atoms with E-state index in [4.69, 9.17) is 18.9 Å². The van der Waals surface area contributed by atoms with Crippen LogP contribution in [-0.4, -0.2) is 61.9 Å². The van der Waals surface area contributed by atoms with Crippen LogP contribution in [0.4, 0.5) is 11.4 Å². The van der Waals surface area contributed by atoms with Crippen LogP contribution >= 0.6 is 0 Å². The van der Waals surface area contributed by atoms with E-state index in [2.05, 4.69) is 10.2 Å². The number of azo groups is 1. The Hall–Kier alpha value is -3.59. The third kappa shape index (κ3) is 6.51. The highest BCUT2D eigenvalue weighted by Crippen LogP contribution is 2.29. The molecule has 2 aromatic rings. The van der Waals surface area contributed by atoms with Gasteiger partial charge in [-0.05, 0) is 31.9 Å². The summed E-state index contributed by atoms with van der Waals surface area (Å²) in [4.78, 5) is 25.7. The SMILES string of the molecule is COCCOCCOC(=O)c1ccccc1N=Nc1c(C)c(C#N)c(O)n(CC2CCCO2)c1=O. The van der Waals surface area contributed by atoms with Crippen molar-refractivity contribution in [1.82, 2.24) is 4.57 Å². The first-order valence-electron chi connectivity index (χ1n) is 11.2. The van der Waals surface area contributed by atoms with E-state index >= 15 is 0 Å². The standard InChI is InChI=1S/C24H28N4O7/c1-16-19(14-25)22(29)28(15-17-6-5-9-34-17)23(30)21(16)27-26-20-8-4-3-7-18(20)24(31)35-13-12-33-11-10-32-2/h3-4,7-8,17,29H,5-6,9-13,15H2,1-2H3. The van der Waals surface area contributed by atoms with Gasteiger partial charge < -0.3 is 24.1 Å². The van der Waals surface area contributed by atoms with Gasteiger partial charge in [-0.1, -0.05) is 12.1 Å². The Kier molecular flexibility index (Phi) is 9.48. The molecule has 1 N–H and O–H groups in total. The fourth-order valence-corrected chi connectivity index (χ4v) is 3.57. The molecule has 3 rings (SSSR count). The highest BCUT2D eigenvalue weighted by molar-refractivity contribution is 5.94. The number of hydrogen-bond acceptors (Lipinski definition) is 10. The fourth-order valence-electron chi connectivity index (χ4n) is 3.57. The lowest BCUT2D eigenvalue weighted by atomic mass is 10.1. The highest BCUT2D eigenvalue weighted by atomic mass is 16.6. The number of nitriles is 1. The molecule has 1 unspecified atom stereocenters. The van der Waals surface area contributed by atoms with E-state index in [0.29, 0.717) is 19.8 Å². The zero-order valence-corrected chi connectivity index (χ0v) is 19.7. The zero-order chi connectivity index (χ0) is 25.2. The molecule has 0 amide bonds. The lowest BCUT2D eigenvalue weighted by Gasteiger charge is -2.16. The van der Waals surface area contributed by atoms with Crippen molar-refractivity contribution in [2.24, 2.45) is 10.2 Å². The van der Waals surface area contributed by atoms with Gasteiger partial charge in [0.1, 0.15) is 23.9 Å². The summed E-state index contributed by atoms with van der Waals surface area (Å²) in [5, 5.41) is 28.3. The van der Waals surface area contributed by atoms with E-state index in [1.807, 2.05) is 6.07 Å². The van der Waals surface area contributed by atoms with E-state index in [9.17, 15) is 20.0 Å². The summed E-state index contributed by atoms with van der Waals surface area (Å²) < 4.78 is 22.0. The largest absolute Gasteiger partial charge is 0.493 e. The maximum absolute atomic E-state index is 13.1. The Morgan fingerprint density at radius 1 is 1.26 bits per heavy atom. The van der Waals surface area contributed by atoms with Crippen molar-refractivity contribution in [3.63, 3.8) is 0 Å². The lowest BCUT2D eigenvalue weighted by molar-refractivity contribution is 0.0214. The minimum atomic E-state index is -0.620. The van der Waals surface area contributed by atoms with Crippen LogP contribution < -0.4 is 5.56 Å². The first-order valence-corrected chi connectivity index (χ1v) is 11.2. The van der Waals surface area contributed by atoms with Crippen molar-refractivity contribution in [3.8, 4) is 11.9 Å². The van der Waals surface area contributed by atoms with E-state index in [0.717, 1.165) is 17.4 Å². The molecule has 1 aliphatic heterocycles. The number of rotatable bonds is 11. The van der Waals surface area contributed by atoms with Gasteiger partial charge in [0.05, 0.1) is 38.0 Å². The molecule has 2 heterocycles. The number of carbonyl (C=O) groups is 1. The summed E-state index contributed by atoms with van der Waals surface area (Å²) in [5.41, 5.74) is -0.245. The average Bonchev–Trinajstić information content (AvgIpc) is 3.38. The van der Waals surface area contributed by atoms with Gasteiger partial charge in [-0.15, -0.1) is 10.2 Å². The molecule has 1 aliphatic rings. The van der Waals surface area contributed by atoms with Crippen LogP contribution in [0.2, 0.25) is 0 Å². The molecule has 1 aromatic heterocycles. The molecular weight excluding hydrogens is 456 g/mol. The number of aromatic hydroxyl groups is 1. The van der Waals surface area contributed by atoms with Crippen molar-refractivity contribution < 1.29 is 28.8 Å². The van der Waals surface area contributed by atoms with Crippen LogP contribution in [0.5, 0.6) is 5.88 Å². The third-order valence-corrected chi connectivity index (χ3v) is 5.45. The predicted octanol–water partition coefficient (Wildman–Crippen LogP) is 3.15. The Morgan fingerprint density at radius 2 is 2.03 bits per heavy atom. The quantitative estimate of drug-likeness (QED) is 0.291. The second-order valence-corrected chi connectivity index (χ2v) is 7.79. The number of benzene rings is 1. The Bertz CT molecular complexity index is 1160. The molecular formula is C24H28N4O7. The van der Waals surface area contributed by atoms with E-state index in [1.54, 1.807) is 25.3 Å². The number of nitrogens with zero attached hydrogens (tertiary/aromatic N) is 4. The molecule has 1 aromatic carbocycles. The first kappa shape index (κ1) is 26.0. The number of aromatic nitrogens is 1. The molecule has 0 spiro atoms. The van der Waals surface area contributed by atoms with Crippen LogP contribution in [0.15, 0.2) is 39.3 Å². The maximum atomic E-state index is 13.1. The maximum Gasteiger partial charge on any atom is 0.340 e. The van der Waals surface area contributed by atoms with Gasteiger partial charge in [0.15, 0.2) is 5.69 Å². The van der Waals surface area contributed by atoms with Crippen LogP contribution in [0.25, 0.3) is 0 Å². The summed E-state index contributed by atoms with van der Waals surface area (Å²) in [5.74, 6) is -1.05. The van der Waals surface area contributed by atoms with Gasteiger partial charge in [0.2, 0.25) is 5.88 Å². The van der Waals surface area contributed by atoms with E-state index in [1.165, 1.54) is 13.0 Å². The first-order chi connectivity index (χ1) is 17.0. The fraction of sp³-hybridized carbons (Fsp3) is 0.458. The third-order valence-electron chi connectivity index (χ3n) is 5.45. The molecule has 186 valence electrons. The summed E-state index contributed by atoms with van der Waals surface area (Å²) >= 11 is 0. The Labute approximate surface area is 202 Å². The molecule has 1 saturated heterocycles. The van der Waals surface area contributed by atoms with Crippen molar-refractivity contribution in [2.45, 2.75) is 32.4 Å². The number of methoxy groups -OCH3 is 1. The van der Waals surface area contributed by atoms with Gasteiger partial charge in [-0.2, -0.15) is 5.26 Å². The second-order valence-electron chi connectivity index (χ2n) is 7.79. The van der Waals surface area contributed by atoms with Gasteiger partial charge in [-0.25, -0.2) is 4.79 Å². The topological polar surface area (TPSA) is 145 Å². The minimum absolute atomic E-state index is 0.0462. The van der Waals surface area contributed by atoms with Crippen molar-refractivity contribution in [1.29, 1.82) is 5.26 Å². The molecule has 0 aliphatic carbocycles. The normalized spacial score (nSPS) is 15.4. The molecule has 11 heteroatoms. The summed E-state index contributed by atoms with van der Waals surface area (Å²) in [6.07, 6.45) is 1.35. The van der Waals surface area contributed by atoms with Gasteiger partial charge >= 0.3 is 5.97 Å². The highest BCUT2D eigenvalue weighted by Gasteiger charge is 2.24. The molecule has 1 atom stereocenters. The number of esters is 1. The second kappa shape index (κ2) is 12.8. The molecule has 0 bridgehead atoms. The van der Waals surface area contributed by atoms with E-state index < -0.39 is 17.4 Å². The van der Waals surface area contributed by atoms with Crippen LogP contribution in [0, 0.1) is 18.3 Å². The lowest BCUT2D eigenvalue weighted by Crippen LogP contribution is -2.27. The molecule has 0 radical (unpaired) electrons. The van der Waals surface area contributed by atoms with Crippen molar-refractivity contribution >= 4 is 17.3 Å². The van der Waals surface area contributed by atoms with Gasteiger partial charge in [0.25, 0.3) is 5.56 Å². The molecule has 35 heavy (non-hydrogen) atoms. The van der Waals surface area contributed by atoms with Crippen LogP contribution in [0.1, 0.15) is 34.3 Å². The van der Waals surface area contributed by atoms with Crippen molar-refractivity contribution in [3.05, 3.63) is 51.3 Å². The Balaban J connectivity index is 1.84.